The average Bonchev–Trinajstić information content (AvgIpc) is 3.24. The quantitative estimate of drug-likeness (QED) is 0.144. The van der Waals surface area contributed by atoms with Crippen molar-refractivity contribution in [3.05, 3.63) is 104 Å². The van der Waals surface area contributed by atoms with E-state index in [1.54, 1.807) is 48.1 Å². The second-order valence-electron chi connectivity index (χ2n) is 13.5. The predicted octanol–water partition coefficient (Wildman–Crippen LogP) is 3.82. The molecule has 0 radical (unpaired) electrons. The number of carbonyl (C=O) groups excluding carboxylic acids is 3. The Morgan fingerprint density at radius 2 is 1.30 bits per heavy atom. The molecule has 1 saturated heterocycles. The number of ether oxygens (including phenoxy) is 6. The summed E-state index contributed by atoms with van der Waals surface area (Å²) >= 11 is 0. The number of methoxy groups -OCH3 is 4. The number of fused-ring (bicyclic) bond motifs is 3. The van der Waals surface area contributed by atoms with Crippen molar-refractivity contribution in [1.82, 2.24) is 19.4 Å². The second kappa shape index (κ2) is 18.6. The number of esters is 2. The number of nitrogens with zero attached hydrogens (tertiary/aromatic N) is 3. The number of rotatable bonds is 12. The molecule has 2 aliphatic heterocycles. The third kappa shape index (κ3) is 9.27. The molecule has 5 aromatic rings. The molecule has 0 aliphatic carbocycles. The van der Waals surface area contributed by atoms with Crippen LogP contribution in [0.3, 0.4) is 0 Å². The molecule has 0 atom stereocenters. The van der Waals surface area contributed by atoms with Gasteiger partial charge in [-0.1, -0.05) is 6.07 Å². The smallest absolute Gasteiger partial charge is 0.338 e. The third-order valence-electron chi connectivity index (χ3n) is 10.1. The van der Waals surface area contributed by atoms with Crippen LogP contribution in [0.25, 0.3) is 21.8 Å². The van der Waals surface area contributed by atoms with Crippen molar-refractivity contribution in [3.63, 3.8) is 0 Å². The van der Waals surface area contributed by atoms with Gasteiger partial charge in [0, 0.05) is 60.7 Å². The van der Waals surface area contributed by atoms with E-state index in [-0.39, 0.29) is 23.2 Å². The first-order valence-corrected chi connectivity index (χ1v) is 18.6. The van der Waals surface area contributed by atoms with Gasteiger partial charge in [-0.3, -0.25) is 14.5 Å². The van der Waals surface area contributed by atoms with Crippen molar-refractivity contribution in [2.24, 2.45) is 0 Å². The lowest BCUT2D eigenvalue weighted by atomic mass is 10.0. The summed E-state index contributed by atoms with van der Waals surface area (Å²) in [6.07, 6.45) is 2.70. The van der Waals surface area contributed by atoms with Crippen molar-refractivity contribution in [3.8, 4) is 23.0 Å². The molecular formula is C42H46N4O11. The monoisotopic (exact) mass is 782 g/mol. The SMILES string of the molecule is COC(=O)c1cc(=O)n(CC=O)c2cc(OC)ccc12.COC(=O)c1cc(=O)n(CCNC2CCN(Cc3ccc4c(c3)OCCO4)CC2)c2cc(OC)ccc12. The molecule has 0 spiro atoms. The van der Waals surface area contributed by atoms with E-state index in [1.807, 2.05) is 6.07 Å². The first-order valence-electron chi connectivity index (χ1n) is 18.6. The van der Waals surface area contributed by atoms with Gasteiger partial charge >= 0.3 is 11.9 Å². The van der Waals surface area contributed by atoms with E-state index < -0.39 is 17.5 Å². The zero-order valence-corrected chi connectivity index (χ0v) is 32.4. The minimum atomic E-state index is -0.601. The van der Waals surface area contributed by atoms with Crippen LogP contribution in [-0.2, 0) is 33.9 Å². The molecule has 2 aromatic heterocycles. The maximum atomic E-state index is 12.9. The van der Waals surface area contributed by atoms with Crippen molar-refractivity contribution in [2.45, 2.75) is 38.5 Å². The van der Waals surface area contributed by atoms with Crippen LogP contribution in [0.2, 0.25) is 0 Å². The van der Waals surface area contributed by atoms with Crippen molar-refractivity contribution >= 4 is 40.0 Å². The van der Waals surface area contributed by atoms with Crippen LogP contribution in [0.15, 0.2) is 76.3 Å². The van der Waals surface area contributed by atoms with E-state index >= 15 is 0 Å². The van der Waals surface area contributed by atoms with E-state index in [2.05, 4.69) is 27.1 Å². The van der Waals surface area contributed by atoms with Gasteiger partial charge in [0.1, 0.15) is 31.0 Å². The maximum absolute atomic E-state index is 12.9. The summed E-state index contributed by atoms with van der Waals surface area (Å²) in [6.45, 7) is 5.13. The number of likely N-dealkylation sites (tertiary alicyclic amines) is 1. The number of piperidine rings is 1. The molecule has 0 bridgehead atoms. The van der Waals surface area contributed by atoms with Crippen molar-refractivity contribution < 1.29 is 42.8 Å². The number of hydrogen-bond acceptors (Lipinski definition) is 13. The number of aromatic nitrogens is 2. The van der Waals surface area contributed by atoms with Gasteiger partial charge in [0.15, 0.2) is 11.5 Å². The Morgan fingerprint density at radius 1 is 0.737 bits per heavy atom. The number of pyridine rings is 2. The van der Waals surface area contributed by atoms with E-state index in [0.717, 1.165) is 44.0 Å². The molecule has 300 valence electrons. The molecule has 3 aromatic carbocycles. The molecule has 1 fully saturated rings. The van der Waals surface area contributed by atoms with Crippen molar-refractivity contribution in [1.29, 1.82) is 0 Å². The number of aldehydes is 1. The van der Waals surface area contributed by atoms with Crippen LogP contribution in [0.1, 0.15) is 39.1 Å². The van der Waals surface area contributed by atoms with E-state index in [4.69, 9.17) is 23.7 Å². The van der Waals surface area contributed by atoms with Gasteiger partial charge in [0.05, 0.1) is 57.1 Å². The summed E-state index contributed by atoms with van der Waals surface area (Å²) in [5, 5.41) is 4.81. The van der Waals surface area contributed by atoms with Crippen LogP contribution in [0, 0.1) is 0 Å². The second-order valence-corrected chi connectivity index (χ2v) is 13.5. The molecule has 0 unspecified atom stereocenters. The topological polar surface area (TPSA) is 166 Å². The first kappa shape index (κ1) is 40.5. The van der Waals surface area contributed by atoms with Gasteiger partial charge in [-0.05, 0) is 67.9 Å². The Bertz CT molecular complexity index is 2380. The Hall–Kier alpha value is -6.19. The fraction of sp³-hybridized carbons (Fsp3) is 0.357. The zero-order valence-electron chi connectivity index (χ0n) is 32.4. The molecule has 15 heteroatoms. The average molecular weight is 783 g/mol. The standard InChI is InChI=1S/C28H33N3O6.C14H13NO5/c1-34-21-4-5-22-23(28(33)35-2)17-27(32)31(24(22)16-21)12-9-29-20-7-10-30(11-8-20)18-19-3-6-25-26(15-19)37-14-13-36-25;1-19-9-3-4-10-11(14(18)20-2)8-13(17)15(5-6-16)12(10)7-9/h3-6,15-17,20,29H,7-14,18H2,1-2H3;3-4,6-8H,5H2,1-2H3. The minimum absolute atomic E-state index is 0.0933. The normalized spacial score (nSPS) is 14.0. The zero-order chi connectivity index (χ0) is 40.5. The fourth-order valence-corrected chi connectivity index (χ4v) is 7.15. The van der Waals surface area contributed by atoms with Gasteiger partial charge < -0.3 is 47.7 Å². The van der Waals surface area contributed by atoms with Crippen LogP contribution in [0.5, 0.6) is 23.0 Å². The summed E-state index contributed by atoms with van der Waals surface area (Å²) in [5.41, 5.74) is 2.08. The fourth-order valence-electron chi connectivity index (χ4n) is 7.15. The Morgan fingerprint density at radius 3 is 1.86 bits per heavy atom. The summed E-state index contributed by atoms with van der Waals surface area (Å²) in [7, 11) is 5.63. The van der Waals surface area contributed by atoms with Gasteiger partial charge in [-0.25, -0.2) is 9.59 Å². The lowest BCUT2D eigenvalue weighted by molar-refractivity contribution is -0.108. The third-order valence-corrected chi connectivity index (χ3v) is 10.1. The largest absolute Gasteiger partial charge is 0.497 e. The van der Waals surface area contributed by atoms with Crippen molar-refractivity contribution in [2.75, 3.05) is 61.3 Å². The van der Waals surface area contributed by atoms with Crippen LogP contribution >= 0.6 is 0 Å². The summed E-state index contributed by atoms with van der Waals surface area (Å²) < 4.78 is 34.3. The Labute approximate surface area is 328 Å². The lowest BCUT2D eigenvalue weighted by Gasteiger charge is -2.32. The van der Waals surface area contributed by atoms with Crippen LogP contribution in [-0.4, -0.2) is 99.6 Å². The van der Waals surface area contributed by atoms with Gasteiger partial charge in [-0.15, -0.1) is 0 Å². The highest BCUT2D eigenvalue weighted by Gasteiger charge is 2.21. The van der Waals surface area contributed by atoms with E-state index in [0.29, 0.717) is 71.9 Å². The van der Waals surface area contributed by atoms with E-state index in [1.165, 1.54) is 43.6 Å². The molecule has 0 saturated carbocycles. The molecule has 15 nitrogen and oxygen atoms in total. The number of carbonyl (C=O) groups is 3. The minimum Gasteiger partial charge on any atom is -0.497 e. The number of hydrogen-bond donors (Lipinski definition) is 1. The highest BCUT2D eigenvalue weighted by atomic mass is 16.6. The first-order chi connectivity index (χ1) is 27.7. The molecule has 0 amide bonds. The molecule has 2 aliphatic rings. The Kier molecular flexibility index (Phi) is 13.2. The predicted molar refractivity (Wildman–Crippen MR) is 212 cm³/mol. The summed E-state index contributed by atoms with van der Waals surface area (Å²) in [6, 6.07) is 19.4. The van der Waals surface area contributed by atoms with E-state index in [9.17, 15) is 24.0 Å². The number of nitrogens with one attached hydrogen (secondary N) is 1. The lowest BCUT2D eigenvalue weighted by Crippen LogP contribution is -2.43. The molecule has 4 heterocycles. The summed E-state index contributed by atoms with van der Waals surface area (Å²) in [5.74, 6) is 1.68. The Balaban J connectivity index is 0.000000232. The molecule has 7 rings (SSSR count). The highest BCUT2D eigenvalue weighted by molar-refractivity contribution is 6.04. The highest BCUT2D eigenvalue weighted by Crippen LogP contribution is 2.31. The molecule has 1 N–H and O–H groups in total. The number of benzene rings is 3. The van der Waals surface area contributed by atoms with Gasteiger partial charge in [-0.2, -0.15) is 0 Å². The maximum Gasteiger partial charge on any atom is 0.338 e. The summed E-state index contributed by atoms with van der Waals surface area (Å²) in [4.78, 5) is 62.1. The molecular weight excluding hydrogens is 736 g/mol. The van der Waals surface area contributed by atoms with Crippen LogP contribution in [0.4, 0.5) is 0 Å². The van der Waals surface area contributed by atoms with Gasteiger partial charge in [0.25, 0.3) is 11.1 Å². The molecule has 57 heavy (non-hydrogen) atoms. The van der Waals surface area contributed by atoms with Gasteiger partial charge in [0.2, 0.25) is 0 Å². The van der Waals surface area contributed by atoms with Crippen LogP contribution < -0.4 is 35.4 Å².